The molecule has 3 amide bonds. The molecular weight excluding hydrogens is 300 g/mol. The third-order valence-electron chi connectivity index (χ3n) is 3.96. The zero-order valence-corrected chi connectivity index (χ0v) is 13.5. The molecule has 3 rings (SSSR count). The van der Waals surface area contributed by atoms with Gasteiger partial charge in [-0.05, 0) is 26.8 Å². The SMILES string of the molecule is CCc1nnc(CN2C(=O)N[C@](C)(c3cc(C)oc3C)C2=O)o1. The molecule has 0 aromatic carbocycles. The number of nitrogens with zero attached hydrogens (tertiary/aromatic N) is 3. The Morgan fingerprint density at radius 1 is 1.22 bits per heavy atom. The number of imide groups is 1. The van der Waals surface area contributed by atoms with Crippen LogP contribution in [0.5, 0.6) is 0 Å². The third kappa shape index (κ3) is 2.39. The molecule has 0 saturated carbocycles. The summed E-state index contributed by atoms with van der Waals surface area (Å²) in [5.41, 5.74) is -0.511. The molecule has 0 spiro atoms. The quantitative estimate of drug-likeness (QED) is 0.863. The Morgan fingerprint density at radius 3 is 2.48 bits per heavy atom. The summed E-state index contributed by atoms with van der Waals surface area (Å²) in [6.07, 6.45) is 0.596. The van der Waals surface area contributed by atoms with Crippen LogP contribution in [0.4, 0.5) is 4.79 Å². The Balaban J connectivity index is 1.88. The van der Waals surface area contributed by atoms with E-state index in [0.29, 0.717) is 29.4 Å². The van der Waals surface area contributed by atoms with Crippen LogP contribution in [0, 0.1) is 13.8 Å². The molecule has 1 fully saturated rings. The minimum absolute atomic E-state index is 0.0524. The normalized spacial score (nSPS) is 21.1. The van der Waals surface area contributed by atoms with E-state index in [1.54, 1.807) is 26.8 Å². The second-order valence-electron chi connectivity index (χ2n) is 5.72. The molecule has 0 aliphatic carbocycles. The van der Waals surface area contributed by atoms with E-state index in [0.717, 1.165) is 4.90 Å². The van der Waals surface area contributed by atoms with Crippen LogP contribution in [0.2, 0.25) is 0 Å². The first-order valence-electron chi connectivity index (χ1n) is 7.38. The number of amides is 3. The highest BCUT2D eigenvalue weighted by molar-refractivity contribution is 6.07. The first-order valence-corrected chi connectivity index (χ1v) is 7.38. The van der Waals surface area contributed by atoms with Gasteiger partial charge in [0.1, 0.15) is 23.6 Å². The fourth-order valence-electron chi connectivity index (χ4n) is 2.78. The standard InChI is InChI=1S/C15H18N4O4/c1-5-11-17-18-12(23-11)7-19-13(20)15(4,16-14(19)21)10-6-8(2)22-9(10)3/h6H,5,7H2,1-4H3,(H,16,21)/t15-/m1/s1. The topological polar surface area (TPSA) is 101 Å². The second-order valence-corrected chi connectivity index (χ2v) is 5.72. The average molecular weight is 318 g/mol. The molecule has 1 aliphatic heterocycles. The van der Waals surface area contributed by atoms with Crippen LogP contribution < -0.4 is 5.32 Å². The highest BCUT2D eigenvalue weighted by atomic mass is 16.4. The molecule has 3 heterocycles. The first-order chi connectivity index (χ1) is 10.8. The van der Waals surface area contributed by atoms with Gasteiger partial charge in [-0.25, -0.2) is 4.79 Å². The van der Waals surface area contributed by atoms with Crippen molar-refractivity contribution in [3.05, 3.63) is 34.9 Å². The number of urea groups is 1. The molecule has 0 radical (unpaired) electrons. The van der Waals surface area contributed by atoms with E-state index in [1.165, 1.54) is 0 Å². The predicted molar refractivity (Wildman–Crippen MR) is 78.3 cm³/mol. The minimum atomic E-state index is -1.16. The lowest BCUT2D eigenvalue weighted by molar-refractivity contribution is -0.131. The summed E-state index contributed by atoms with van der Waals surface area (Å²) in [6.45, 7) is 7.05. The Kier molecular flexibility index (Phi) is 3.46. The van der Waals surface area contributed by atoms with Crippen molar-refractivity contribution >= 4 is 11.9 Å². The lowest BCUT2D eigenvalue weighted by Crippen LogP contribution is -2.41. The molecule has 2 aromatic rings. The fraction of sp³-hybridized carbons (Fsp3) is 0.467. The number of nitrogens with one attached hydrogen (secondary N) is 1. The molecule has 8 heteroatoms. The molecule has 8 nitrogen and oxygen atoms in total. The molecule has 0 unspecified atom stereocenters. The van der Waals surface area contributed by atoms with Crippen molar-refractivity contribution in [2.24, 2.45) is 0 Å². The smallest absolute Gasteiger partial charge is 0.325 e. The van der Waals surface area contributed by atoms with Gasteiger partial charge < -0.3 is 14.2 Å². The summed E-state index contributed by atoms with van der Waals surface area (Å²) in [5, 5.41) is 10.4. The summed E-state index contributed by atoms with van der Waals surface area (Å²) in [7, 11) is 0. The summed E-state index contributed by atoms with van der Waals surface area (Å²) < 4.78 is 10.9. The largest absolute Gasteiger partial charge is 0.466 e. The molecule has 1 N–H and O–H groups in total. The van der Waals surface area contributed by atoms with Crippen LogP contribution in [0.1, 0.15) is 42.7 Å². The van der Waals surface area contributed by atoms with Gasteiger partial charge in [0.05, 0.1) is 0 Å². The van der Waals surface area contributed by atoms with Gasteiger partial charge in [0, 0.05) is 12.0 Å². The predicted octanol–water partition coefficient (Wildman–Crippen LogP) is 1.81. The maximum absolute atomic E-state index is 12.8. The molecule has 1 aliphatic rings. The third-order valence-corrected chi connectivity index (χ3v) is 3.96. The van der Waals surface area contributed by atoms with Crippen molar-refractivity contribution in [1.82, 2.24) is 20.4 Å². The second kappa shape index (κ2) is 5.22. The molecular formula is C15H18N4O4. The van der Waals surface area contributed by atoms with Crippen molar-refractivity contribution in [1.29, 1.82) is 0 Å². The summed E-state index contributed by atoms with van der Waals surface area (Å²) >= 11 is 0. The monoisotopic (exact) mass is 318 g/mol. The van der Waals surface area contributed by atoms with Crippen LogP contribution in [0.15, 0.2) is 14.9 Å². The fourth-order valence-corrected chi connectivity index (χ4v) is 2.78. The van der Waals surface area contributed by atoms with Gasteiger partial charge in [-0.15, -0.1) is 10.2 Å². The van der Waals surface area contributed by atoms with E-state index in [4.69, 9.17) is 8.83 Å². The van der Waals surface area contributed by atoms with Crippen LogP contribution in [-0.2, 0) is 23.3 Å². The van der Waals surface area contributed by atoms with Gasteiger partial charge in [0.15, 0.2) is 0 Å². The summed E-state index contributed by atoms with van der Waals surface area (Å²) in [4.78, 5) is 26.1. The lowest BCUT2D eigenvalue weighted by atomic mass is 9.92. The zero-order valence-electron chi connectivity index (χ0n) is 13.5. The summed E-state index contributed by atoms with van der Waals surface area (Å²) in [5.74, 6) is 1.61. The van der Waals surface area contributed by atoms with Gasteiger partial charge in [-0.2, -0.15) is 0 Å². The van der Waals surface area contributed by atoms with Gasteiger partial charge >= 0.3 is 6.03 Å². The molecule has 23 heavy (non-hydrogen) atoms. The van der Waals surface area contributed by atoms with Crippen molar-refractivity contribution < 1.29 is 18.4 Å². The van der Waals surface area contributed by atoms with E-state index in [-0.39, 0.29) is 18.3 Å². The number of hydrogen-bond donors (Lipinski definition) is 1. The number of carbonyl (C=O) groups is 2. The lowest BCUT2D eigenvalue weighted by Gasteiger charge is -2.20. The van der Waals surface area contributed by atoms with Crippen molar-refractivity contribution in [3.8, 4) is 0 Å². The molecule has 1 saturated heterocycles. The molecule has 1 atom stereocenters. The Labute approximate surface area is 132 Å². The number of furan rings is 1. The highest BCUT2D eigenvalue weighted by Gasteiger charge is 2.50. The highest BCUT2D eigenvalue weighted by Crippen LogP contribution is 2.33. The number of aromatic nitrogens is 2. The van der Waals surface area contributed by atoms with Crippen molar-refractivity contribution in [3.63, 3.8) is 0 Å². The van der Waals surface area contributed by atoms with E-state index < -0.39 is 11.6 Å². The van der Waals surface area contributed by atoms with Crippen LogP contribution >= 0.6 is 0 Å². The molecule has 122 valence electrons. The maximum Gasteiger partial charge on any atom is 0.325 e. The van der Waals surface area contributed by atoms with E-state index in [9.17, 15) is 9.59 Å². The van der Waals surface area contributed by atoms with Crippen LogP contribution in [0.3, 0.4) is 0 Å². The van der Waals surface area contributed by atoms with Crippen LogP contribution in [-0.4, -0.2) is 27.0 Å². The maximum atomic E-state index is 12.8. The number of carbonyl (C=O) groups excluding carboxylic acids is 2. The average Bonchev–Trinajstić information content (AvgIpc) is 3.14. The van der Waals surface area contributed by atoms with Gasteiger partial charge in [0.2, 0.25) is 11.8 Å². The number of aryl methyl sites for hydroxylation is 3. The van der Waals surface area contributed by atoms with E-state index in [2.05, 4.69) is 15.5 Å². The van der Waals surface area contributed by atoms with Gasteiger partial charge in [-0.3, -0.25) is 9.69 Å². The Hall–Kier alpha value is -2.64. The summed E-state index contributed by atoms with van der Waals surface area (Å²) in [6, 6.07) is 1.27. The zero-order chi connectivity index (χ0) is 16.8. The Bertz CT molecular complexity index is 778. The van der Waals surface area contributed by atoms with Gasteiger partial charge in [0.25, 0.3) is 5.91 Å². The van der Waals surface area contributed by atoms with Crippen molar-refractivity contribution in [2.45, 2.75) is 46.2 Å². The molecule has 0 bridgehead atoms. The Morgan fingerprint density at radius 2 is 1.91 bits per heavy atom. The minimum Gasteiger partial charge on any atom is -0.466 e. The molecule has 2 aromatic heterocycles. The number of rotatable bonds is 4. The van der Waals surface area contributed by atoms with E-state index >= 15 is 0 Å². The van der Waals surface area contributed by atoms with Gasteiger partial charge in [-0.1, -0.05) is 6.92 Å². The number of hydrogen-bond acceptors (Lipinski definition) is 6. The first kappa shape index (κ1) is 15.3. The van der Waals surface area contributed by atoms with Crippen molar-refractivity contribution in [2.75, 3.05) is 0 Å². The van der Waals surface area contributed by atoms with E-state index in [1.807, 2.05) is 6.92 Å². The van der Waals surface area contributed by atoms with Crippen LogP contribution in [0.25, 0.3) is 0 Å².